The van der Waals surface area contributed by atoms with Crippen molar-refractivity contribution < 1.29 is 8.42 Å². The summed E-state index contributed by atoms with van der Waals surface area (Å²) in [6.45, 7) is 0. The van der Waals surface area contributed by atoms with Crippen LogP contribution in [-0.4, -0.2) is 23.6 Å². The molecule has 1 fully saturated rings. The van der Waals surface area contributed by atoms with E-state index in [1.807, 2.05) is 0 Å². The molecule has 1 saturated carbocycles. The first-order valence-corrected chi connectivity index (χ1v) is 7.72. The van der Waals surface area contributed by atoms with E-state index in [0.717, 1.165) is 18.8 Å². The molecule has 0 aromatic carbocycles. The Kier molecular flexibility index (Phi) is 3.49. The van der Waals surface area contributed by atoms with Gasteiger partial charge >= 0.3 is 0 Å². The molecule has 2 rings (SSSR count). The standard InChI is InChI=1S/C9H14ClN3O2S/c10-16(14,15)9-11-8(12-13-9)6-5-7-3-1-2-4-7/h7H,1-6H2,(H,11,12,13). The lowest BCUT2D eigenvalue weighted by molar-refractivity contribution is 0.497. The summed E-state index contributed by atoms with van der Waals surface area (Å²) in [5.74, 6) is 1.35. The molecule has 0 saturated heterocycles. The van der Waals surface area contributed by atoms with E-state index in [0.29, 0.717) is 5.82 Å². The Morgan fingerprint density at radius 3 is 2.62 bits per heavy atom. The first kappa shape index (κ1) is 11.9. The Labute approximate surface area is 99.0 Å². The van der Waals surface area contributed by atoms with Crippen molar-refractivity contribution in [3.8, 4) is 0 Å². The van der Waals surface area contributed by atoms with Crippen molar-refractivity contribution in [2.75, 3.05) is 0 Å². The fourth-order valence-corrected chi connectivity index (χ4v) is 2.72. The van der Waals surface area contributed by atoms with Gasteiger partial charge in [0.1, 0.15) is 5.82 Å². The molecule has 1 heterocycles. The van der Waals surface area contributed by atoms with Crippen LogP contribution in [0.4, 0.5) is 0 Å². The highest BCUT2D eigenvalue weighted by Crippen LogP contribution is 2.28. The number of aromatic amines is 1. The summed E-state index contributed by atoms with van der Waals surface area (Å²) in [7, 11) is 1.33. The van der Waals surface area contributed by atoms with Crippen LogP contribution in [0.5, 0.6) is 0 Å². The smallest absolute Gasteiger partial charge is 0.262 e. The summed E-state index contributed by atoms with van der Waals surface area (Å²) in [6.07, 6.45) is 6.94. The average Bonchev–Trinajstić information content (AvgIpc) is 2.85. The minimum atomic E-state index is -3.80. The molecule has 0 bridgehead atoms. The van der Waals surface area contributed by atoms with E-state index in [9.17, 15) is 8.42 Å². The van der Waals surface area contributed by atoms with Crippen molar-refractivity contribution in [1.82, 2.24) is 15.2 Å². The van der Waals surface area contributed by atoms with Crippen molar-refractivity contribution >= 4 is 19.7 Å². The number of nitrogens with one attached hydrogen (secondary N) is 1. The van der Waals surface area contributed by atoms with Crippen LogP contribution in [0.3, 0.4) is 0 Å². The Balaban J connectivity index is 1.92. The van der Waals surface area contributed by atoms with Crippen LogP contribution in [-0.2, 0) is 15.5 Å². The summed E-state index contributed by atoms with van der Waals surface area (Å²) in [4.78, 5) is 3.86. The van der Waals surface area contributed by atoms with Crippen molar-refractivity contribution in [3.63, 3.8) is 0 Å². The molecule has 5 nitrogen and oxygen atoms in total. The molecule has 1 aliphatic rings. The van der Waals surface area contributed by atoms with Crippen LogP contribution in [0.15, 0.2) is 5.16 Å². The summed E-state index contributed by atoms with van der Waals surface area (Å²) >= 11 is 0. The summed E-state index contributed by atoms with van der Waals surface area (Å²) in [5.41, 5.74) is 0. The van der Waals surface area contributed by atoms with Crippen molar-refractivity contribution in [2.45, 2.75) is 43.7 Å². The zero-order valence-corrected chi connectivity index (χ0v) is 10.4. The lowest BCUT2D eigenvalue weighted by atomic mass is 10.0. The van der Waals surface area contributed by atoms with Gasteiger partial charge in [-0.3, -0.25) is 5.10 Å². The number of hydrogen-bond donors (Lipinski definition) is 1. The first-order chi connectivity index (χ1) is 7.55. The summed E-state index contributed by atoms with van der Waals surface area (Å²) in [5, 5.41) is 5.86. The van der Waals surface area contributed by atoms with Gasteiger partial charge in [0.2, 0.25) is 0 Å². The zero-order chi connectivity index (χ0) is 11.6. The van der Waals surface area contributed by atoms with E-state index >= 15 is 0 Å². The van der Waals surface area contributed by atoms with E-state index < -0.39 is 9.05 Å². The molecule has 0 spiro atoms. The number of aryl methyl sites for hydroxylation is 1. The number of nitrogens with zero attached hydrogens (tertiary/aromatic N) is 2. The molecule has 1 aromatic rings. The van der Waals surface area contributed by atoms with E-state index in [-0.39, 0.29) is 5.16 Å². The monoisotopic (exact) mass is 263 g/mol. The predicted molar refractivity (Wildman–Crippen MR) is 59.7 cm³/mol. The van der Waals surface area contributed by atoms with Crippen LogP contribution in [0.1, 0.15) is 37.9 Å². The van der Waals surface area contributed by atoms with Gasteiger partial charge in [0.25, 0.3) is 14.2 Å². The largest absolute Gasteiger partial charge is 0.298 e. The minimum Gasteiger partial charge on any atom is -0.262 e. The van der Waals surface area contributed by atoms with Gasteiger partial charge in [0.05, 0.1) is 0 Å². The Morgan fingerprint density at radius 2 is 2.06 bits per heavy atom. The number of rotatable bonds is 4. The topological polar surface area (TPSA) is 75.7 Å². The molecule has 0 unspecified atom stereocenters. The Bertz CT molecular complexity index is 451. The molecule has 0 radical (unpaired) electrons. The first-order valence-electron chi connectivity index (χ1n) is 5.41. The van der Waals surface area contributed by atoms with Gasteiger partial charge in [-0.05, 0) is 12.3 Å². The van der Waals surface area contributed by atoms with Crippen molar-refractivity contribution in [2.24, 2.45) is 5.92 Å². The van der Waals surface area contributed by atoms with E-state index in [2.05, 4.69) is 15.2 Å². The Hall–Kier alpha value is -0.620. The lowest BCUT2D eigenvalue weighted by Gasteiger charge is -2.05. The van der Waals surface area contributed by atoms with Crippen LogP contribution >= 0.6 is 10.7 Å². The van der Waals surface area contributed by atoms with Gasteiger partial charge in [-0.25, -0.2) is 13.4 Å². The highest BCUT2D eigenvalue weighted by atomic mass is 35.7. The molecule has 0 amide bonds. The summed E-state index contributed by atoms with van der Waals surface area (Å²) in [6, 6.07) is 0. The normalized spacial score (nSPS) is 18.1. The van der Waals surface area contributed by atoms with Crippen LogP contribution in [0.25, 0.3) is 0 Å². The number of hydrogen-bond acceptors (Lipinski definition) is 4. The van der Waals surface area contributed by atoms with E-state index in [4.69, 9.17) is 10.7 Å². The maximum absolute atomic E-state index is 10.9. The van der Waals surface area contributed by atoms with Gasteiger partial charge in [-0.2, -0.15) is 0 Å². The molecule has 0 aliphatic heterocycles. The minimum absolute atomic E-state index is 0.324. The second-order valence-electron chi connectivity index (χ2n) is 4.19. The highest BCUT2D eigenvalue weighted by molar-refractivity contribution is 8.13. The zero-order valence-electron chi connectivity index (χ0n) is 8.82. The third-order valence-electron chi connectivity index (χ3n) is 2.99. The van der Waals surface area contributed by atoms with Crippen LogP contribution in [0.2, 0.25) is 0 Å². The molecule has 1 aliphatic carbocycles. The molecule has 1 N–H and O–H groups in total. The van der Waals surface area contributed by atoms with Gasteiger partial charge in [0.15, 0.2) is 0 Å². The third kappa shape index (κ3) is 2.95. The van der Waals surface area contributed by atoms with E-state index in [1.165, 1.54) is 25.7 Å². The molecule has 90 valence electrons. The van der Waals surface area contributed by atoms with Gasteiger partial charge in [-0.15, -0.1) is 5.10 Å². The molecular weight excluding hydrogens is 250 g/mol. The van der Waals surface area contributed by atoms with Crippen LogP contribution in [0, 0.1) is 5.92 Å². The predicted octanol–water partition coefficient (Wildman–Crippen LogP) is 1.85. The lowest BCUT2D eigenvalue weighted by Crippen LogP contribution is -1.98. The average molecular weight is 264 g/mol. The number of halogens is 1. The Morgan fingerprint density at radius 1 is 1.38 bits per heavy atom. The summed E-state index contributed by atoms with van der Waals surface area (Å²) < 4.78 is 21.9. The maximum Gasteiger partial charge on any atom is 0.298 e. The number of H-pyrrole nitrogens is 1. The third-order valence-corrected chi connectivity index (χ3v) is 4.03. The van der Waals surface area contributed by atoms with Crippen LogP contribution < -0.4 is 0 Å². The SMILES string of the molecule is O=S(=O)(Cl)c1n[nH]c(CCC2CCCC2)n1. The van der Waals surface area contributed by atoms with Gasteiger partial charge in [-0.1, -0.05) is 25.7 Å². The maximum atomic E-state index is 10.9. The van der Waals surface area contributed by atoms with Gasteiger partial charge < -0.3 is 0 Å². The van der Waals surface area contributed by atoms with Crippen molar-refractivity contribution in [3.05, 3.63) is 5.82 Å². The van der Waals surface area contributed by atoms with E-state index in [1.54, 1.807) is 0 Å². The molecule has 0 atom stereocenters. The molecule has 16 heavy (non-hydrogen) atoms. The van der Waals surface area contributed by atoms with Gasteiger partial charge in [0, 0.05) is 17.1 Å². The quantitative estimate of drug-likeness (QED) is 0.842. The molecule has 1 aromatic heterocycles. The van der Waals surface area contributed by atoms with Crippen molar-refractivity contribution in [1.29, 1.82) is 0 Å². The highest BCUT2D eigenvalue weighted by Gasteiger charge is 2.18. The second-order valence-corrected chi connectivity index (χ2v) is 6.65. The fourth-order valence-electron chi connectivity index (χ4n) is 2.14. The number of aromatic nitrogens is 3. The fraction of sp³-hybridized carbons (Fsp3) is 0.778. The second kappa shape index (κ2) is 4.71. The molecule has 7 heteroatoms. The molecular formula is C9H14ClN3O2S.